The van der Waals surface area contributed by atoms with Gasteiger partial charge in [-0.2, -0.15) is 4.31 Å². The molecule has 1 aromatic carbocycles. The van der Waals surface area contributed by atoms with Gasteiger partial charge in [-0.15, -0.1) is 0 Å². The van der Waals surface area contributed by atoms with Crippen molar-refractivity contribution < 1.29 is 18.3 Å². The van der Waals surface area contributed by atoms with E-state index >= 15 is 0 Å². The lowest BCUT2D eigenvalue weighted by Crippen LogP contribution is -2.34. The van der Waals surface area contributed by atoms with E-state index in [1.165, 1.54) is 35.6 Å². The summed E-state index contributed by atoms with van der Waals surface area (Å²) < 4.78 is 26.2. The van der Waals surface area contributed by atoms with Crippen LogP contribution in [0.15, 0.2) is 29.2 Å². The Morgan fingerprint density at radius 2 is 1.75 bits per heavy atom. The van der Waals surface area contributed by atoms with Crippen LogP contribution in [-0.2, 0) is 10.0 Å². The van der Waals surface area contributed by atoms with Gasteiger partial charge in [0, 0.05) is 31.7 Å². The molecule has 0 aliphatic heterocycles. The van der Waals surface area contributed by atoms with Gasteiger partial charge >= 0.3 is 0 Å². The van der Waals surface area contributed by atoms with Crippen molar-refractivity contribution in [3.05, 3.63) is 29.8 Å². The Kier molecular flexibility index (Phi) is 7.86. The second kappa shape index (κ2) is 9.15. The molecule has 136 valence electrons. The molecule has 0 bridgehead atoms. The van der Waals surface area contributed by atoms with Crippen LogP contribution in [0, 0.1) is 0 Å². The zero-order valence-corrected chi connectivity index (χ0v) is 15.7. The Labute approximate surface area is 145 Å². The molecule has 0 atom stereocenters. The Morgan fingerprint density at radius 3 is 2.21 bits per heavy atom. The zero-order chi connectivity index (χ0) is 18.3. The molecule has 0 aliphatic carbocycles. The number of amides is 1. The second-order valence-corrected chi connectivity index (χ2v) is 8.01. The van der Waals surface area contributed by atoms with Gasteiger partial charge in [0.05, 0.1) is 11.5 Å². The molecule has 7 heteroatoms. The average molecular weight is 356 g/mol. The van der Waals surface area contributed by atoms with E-state index in [9.17, 15) is 13.2 Å². The van der Waals surface area contributed by atoms with E-state index in [4.69, 9.17) is 5.11 Å². The summed E-state index contributed by atoms with van der Waals surface area (Å²) in [4.78, 5) is 14.3. The molecule has 1 aromatic rings. The molecule has 0 radical (unpaired) electrons. The summed E-state index contributed by atoms with van der Waals surface area (Å²) in [5.74, 6) is -0.196. The minimum absolute atomic E-state index is 0.0961. The summed E-state index contributed by atoms with van der Waals surface area (Å²) in [6.07, 6.45) is 1.81. The SMILES string of the molecule is CCCCN(CCO)C(=O)c1ccc(S(=O)(=O)N(C)C(C)C)cc1. The number of unbranched alkanes of at least 4 members (excludes halogenated alkanes) is 1. The summed E-state index contributed by atoms with van der Waals surface area (Å²) >= 11 is 0. The summed E-state index contributed by atoms with van der Waals surface area (Å²) in [7, 11) is -2.02. The van der Waals surface area contributed by atoms with E-state index < -0.39 is 10.0 Å². The third kappa shape index (κ3) is 5.03. The van der Waals surface area contributed by atoms with Gasteiger partial charge < -0.3 is 10.0 Å². The minimum Gasteiger partial charge on any atom is -0.395 e. The maximum Gasteiger partial charge on any atom is 0.253 e. The maximum absolute atomic E-state index is 12.5. The standard InChI is InChI=1S/C17H28N2O4S/c1-5-6-11-19(12-13-20)17(21)15-7-9-16(10-8-15)24(22,23)18(4)14(2)3/h7-10,14,20H,5-6,11-13H2,1-4H3. The largest absolute Gasteiger partial charge is 0.395 e. The molecule has 0 aliphatic rings. The number of sulfonamides is 1. The number of rotatable bonds is 9. The van der Waals surface area contributed by atoms with Gasteiger partial charge in [-0.05, 0) is 44.5 Å². The van der Waals surface area contributed by atoms with Crippen LogP contribution in [0.25, 0.3) is 0 Å². The van der Waals surface area contributed by atoms with Gasteiger partial charge in [0.25, 0.3) is 5.91 Å². The van der Waals surface area contributed by atoms with Crippen molar-refractivity contribution in [1.29, 1.82) is 0 Å². The fraction of sp³-hybridized carbons (Fsp3) is 0.588. The third-order valence-electron chi connectivity index (χ3n) is 3.94. The van der Waals surface area contributed by atoms with Crippen LogP contribution in [0.3, 0.4) is 0 Å². The first-order valence-corrected chi connectivity index (χ1v) is 9.68. The molecular weight excluding hydrogens is 328 g/mol. The number of carbonyl (C=O) groups is 1. The van der Waals surface area contributed by atoms with E-state index in [0.717, 1.165) is 12.8 Å². The summed E-state index contributed by atoms with van der Waals surface area (Å²) in [5.41, 5.74) is 0.422. The quantitative estimate of drug-likeness (QED) is 0.733. The summed E-state index contributed by atoms with van der Waals surface area (Å²) in [5, 5.41) is 9.12. The smallest absolute Gasteiger partial charge is 0.253 e. The number of nitrogens with zero attached hydrogens (tertiary/aromatic N) is 2. The van der Waals surface area contributed by atoms with E-state index in [0.29, 0.717) is 12.1 Å². The van der Waals surface area contributed by atoms with E-state index in [-0.39, 0.29) is 30.0 Å². The molecular formula is C17H28N2O4S. The molecule has 0 heterocycles. The number of hydrogen-bond donors (Lipinski definition) is 1. The predicted octanol–water partition coefficient (Wildman–Crippen LogP) is 1.95. The number of aliphatic hydroxyl groups excluding tert-OH is 1. The van der Waals surface area contributed by atoms with E-state index in [2.05, 4.69) is 0 Å². The molecule has 0 fully saturated rings. The van der Waals surface area contributed by atoms with Crippen molar-refractivity contribution in [3.8, 4) is 0 Å². The molecule has 1 rings (SSSR count). The highest BCUT2D eigenvalue weighted by Gasteiger charge is 2.23. The fourth-order valence-electron chi connectivity index (χ4n) is 2.18. The highest BCUT2D eigenvalue weighted by atomic mass is 32.2. The van der Waals surface area contributed by atoms with Crippen molar-refractivity contribution in [2.45, 2.75) is 44.6 Å². The highest BCUT2D eigenvalue weighted by molar-refractivity contribution is 7.89. The highest BCUT2D eigenvalue weighted by Crippen LogP contribution is 2.18. The Morgan fingerprint density at radius 1 is 1.17 bits per heavy atom. The Hall–Kier alpha value is -1.44. The average Bonchev–Trinajstić information content (AvgIpc) is 2.57. The normalized spacial score (nSPS) is 12.0. The van der Waals surface area contributed by atoms with Gasteiger partial charge in [-0.3, -0.25) is 4.79 Å². The molecule has 0 spiro atoms. The van der Waals surface area contributed by atoms with Crippen LogP contribution in [0.1, 0.15) is 44.0 Å². The molecule has 24 heavy (non-hydrogen) atoms. The predicted molar refractivity (Wildman–Crippen MR) is 94.4 cm³/mol. The Balaban J connectivity index is 2.99. The monoisotopic (exact) mass is 356 g/mol. The fourth-order valence-corrected chi connectivity index (χ4v) is 3.55. The van der Waals surface area contributed by atoms with Crippen LogP contribution in [0.5, 0.6) is 0 Å². The minimum atomic E-state index is -3.56. The maximum atomic E-state index is 12.5. The lowest BCUT2D eigenvalue weighted by atomic mass is 10.2. The second-order valence-electron chi connectivity index (χ2n) is 6.01. The van der Waals surface area contributed by atoms with Crippen molar-refractivity contribution in [2.24, 2.45) is 0 Å². The topological polar surface area (TPSA) is 77.9 Å². The zero-order valence-electron chi connectivity index (χ0n) is 14.9. The van der Waals surface area contributed by atoms with Gasteiger partial charge in [-0.25, -0.2) is 8.42 Å². The van der Waals surface area contributed by atoms with Crippen LogP contribution in [0.2, 0.25) is 0 Å². The van der Waals surface area contributed by atoms with E-state index in [1.807, 2.05) is 6.92 Å². The van der Waals surface area contributed by atoms with Crippen molar-refractivity contribution in [3.63, 3.8) is 0 Å². The number of hydrogen-bond acceptors (Lipinski definition) is 4. The van der Waals surface area contributed by atoms with Crippen molar-refractivity contribution in [1.82, 2.24) is 9.21 Å². The van der Waals surface area contributed by atoms with Gasteiger partial charge in [0.2, 0.25) is 10.0 Å². The number of carbonyl (C=O) groups excluding carboxylic acids is 1. The van der Waals surface area contributed by atoms with Crippen LogP contribution in [0.4, 0.5) is 0 Å². The first kappa shape index (κ1) is 20.6. The first-order chi connectivity index (χ1) is 11.3. The van der Waals surface area contributed by atoms with Gasteiger partial charge in [-0.1, -0.05) is 13.3 Å². The van der Waals surface area contributed by atoms with E-state index in [1.54, 1.807) is 18.7 Å². The first-order valence-electron chi connectivity index (χ1n) is 8.24. The van der Waals surface area contributed by atoms with Gasteiger partial charge in [0.15, 0.2) is 0 Å². The summed E-state index contributed by atoms with van der Waals surface area (Å²) in [6.45, 7) is 6.39. The van der Waals surface area contributed by atoms with Crippen molar-refractivity contribution >= 4 is 15.9 Å². The molecule has 0 unspecified atom stereocenters. The third-order valence-corrected chi connectivity index (χ3v) is 5.99. The molecule has 6 nitrogen and oxygen atoms in total. The number of aliphatic hydroxyl groups is 1. The number of benzene rings is 1. The van der Waals surface area contributed by atoms with Gasteiger partial charge in [0.1, 0.15) is 0 Å². The van der Waals surface area contributed by atoms with Crippen LogP contribution in [-0.4, -0.2) is 61.4 Å². The molecule has 1 N–H and O–H groups in total. The molecule has 0 saturated carbocycles. The molecule has 0 saturated heterocycles. The van der Waals surface area contributed by atoms with Crippen LogP contribution < -0.4 is 0 Å². The molecule has 0 aromatic heterocycles. The molecule has 1 amide bonds. The summed E-state index contributed by atoms with van der Waals surface area (Å²) in [6, 6.07) is 5.82. The Bertz CT molecular complexity index is 626. The lowest BCUT2D eigenvalue weighted by molar-refractivity contribution is 0.0719. The van der Waals surface area contributed by atoms with Crippen LogP contribution >= 0.6 is 0 Å². The van der Waals surface area contributed by atoms with Crippen molar-refractivity contribution in [2.75, 3.05) is 26.7 Å². The lowest BCUT2D eigenvalue weighted by Gasteiger charge is -2.23.